The first-order chi connectivity index (χ1) is 20.2. The highest BCUT2D eigenvalue weighted by Crippen LogP contribution is 2.37. The lowest BCUT2D eigenvalue weighted by molar-refractivity contribution is 0.102. The van der Waals surface area contributed by atoms with Crippen LogP contribution in [0.25, 0.3) is 21.8 Å². The first kappa shape index (κ1) is 27.5. The van der Waals surface area contributed by atoms with Crippen LogP contribution in [-0.4, -0.2) is 63.1 Å². The summed E-state index contributed by atoms with van der Waals surface area (Å²) < 4.78 is 22.2. The molecule has 1 fully saturated rings. The number of rotatable bonds is 9. The maximum absolute atomic E-state index is 14.7. The van der Waals surface area contributed by atoms with E-state index in [-0.39, 0.29) is 23.6 Å². The molecule has 2 aliphatic heterocycles. The van der Waals surface area contributed by atoms with Crippen LogP contribution in [0.5, 0.6) is 6.01 Å². The molecule has 1 saturated heterocycles. The molecule has 2 aliphatic rings. The third kappa shape index (κ3) is 5.60. The number of benzene rings is 2. The lowest BCUT2D eigenvalue weighted by Crippen LogP contribution is -2.54. The molecule has 1 amide bonds. The van der Waals surface area contributed by atoms with E-state index in [2.05, 4.69) is 60.6 Å². The summed E-state index contributed by atoms with van der Waals surface area (Å²) in [4.78, 5) is 25.1. The third-order valence-corrected chi connectivity index (χ3v) is 7.57. The maximum Gasteiger partial charge on any atom is 0.316 e. The number of hydrogen-bond acceptors (Lipinski definition) is 9. The molecule has 216 valence electrons. The van der Waals surface area contributed by atoms with Crippen LogP contribution in [0.4, 0.5) is 15.8 Å². The van der Waals surface area contributed by atoms with Gasteiger partial charge in [-0.3, -0.25) is 9.48 Å². The van der Waals surface area contributed by atoms with E-state index in [0.29, 0.717) is 48.0 Å². The van der Waals surface area contributed by atoms with Gasteiger partial charge >= 0.3 is 6.01 Å². The molecular formula is C30H32FN9O2. The Kier molecular flexibility index (Phi) is 7.20. The van der Waals surface area contributed by atoms with Crippen LogP contribution in [0, 0.1) is 18.2 Å². The average molecular weight is 570 g/mol. The Labute approximate surface area is 242 Å². The zero-order valence-corrected chi connectivity index (χ0v) is 23.8. The summed E-state index contributed by atoms with van der Waals surface area (Å²) in [6.07, 6.45) is 10.6. The molecule has 2 unspecified atom stereocenters. The Morgan fingerprint density at radius 3 is 2.74 bits per heavy atom. The minimum atomic E-state index is -0.516. The predicted octanol–water partition coefficient (Wildman–Crippen LogP) is 4.44. The number of amides is 1. The monoisotopic (exact) mass is 569 g/mol. The zero-order chi connectivity index (χ0) is 29.4. The summed E-state index contributed by atoms with van der Waals surface area (Å²) in [6, 6.07) is 7.34. The molecular weight excluding hydrogens is 537 g/mol. The number of piperazine rings is 1. The number of ether oxygens (including phenoxy) is 1. The summed E-state index contributed by atoms with van der Waals surface area (Å²) in [5.41, 5.74) is 1.77. The molecule has 0 bridgehead atoms. The van der Waals surface area contributed by atoms with E-state index in [0.717, 1.165) is 24.2 Å². The summed E-state index contributed by atoms with van der Waals surface area (Å²) in [7, 11) is 1.72. The van der Waals surface area contributed by atoms with E-state index < -0.39 is 17.4 Å². The molecule has 0 saturated carbocycles. The van der Waals surface area contributed by atoms with E-state index in [9.17, 15) is 9.18 Å². The second-order valence-electron chi connectivity index (χ2n) is 11.1. The van der Waals surface area contributed by atoms with Gasteiger partial charge in [-0.1, -0.05) is 0 Å². The van der Waals surface area contributed by atoms with Crippen molar-refractivity contribution in [3.05, 3.63) is 48.0 Å². The number of nitrogens with one attached hydrogen (secondary N) is 2. The highest BCUT2D eigenvalue weighted by atomic mass is 19.1. The Hall–Kier alpha value is -4.63. The van der Waals surface area contributed by atoms with Gasteiger partial charge in [-0.25, -0.2) is 9.37 Å². The molecule has 12 heteroatoms. The molecule has 4 heterocycles. The molecule has 2 atom stereocenters. The van der Waals surface area contributed by atoms with Gasteiger partial charge in [0.25, 0.3) is 5.91 Å². The largest absolute Gasteiger partial charge is 0.463 e. The van der Waals surface area contributed by atoms with E-state index in [1.165, 1.54) is 10.7 Å². The predicted molar refractivity (Wildman–Crippen MR) is 158 cm³/mol. The highest BCUT2D eigenvalue weighted by molar-refractivity contribution is 6.14. The minimum Gasteiger partial charge on any atom is -0.463 e. The number of carbonyl (C=O) groups excluding carboxylic acids is 1. The van der Waals surface area contributed by atoms with Crippen molar-refractivity contribution in [3.63, 3.8) is 0 Å². The molecule has 0 radical (unpaired) electrons. The van der Waals surface area contributed by atoms with Crippen molar-refractivity contribution < 1.29 is 13.9 Å². The van der Waals surface area contributed by atoms with Gasteiger partial charge in [-0.2, -0.15) is 20.3 Å². The number of halogens is 1. The van der Waals surface area contributed by atoms with Crippen LogP contribution < -0.4 is 20.3 Å². The number of aromatic nitrogens is 4. The van der Waals surface area contributed by atoms with Gasteiger partial charge in [0, 0.05) is 86.0 Å². The van der Waals surface area contributed by atoms with Crippen LogP contribution in [0.1, 0.15) is 43.5 Å². The smallest absolute Gasteiger partial charge is 0.316 e. The van der Waals surface area contributed by atoms with Crippen molar-refractivity contribution in [2.75, 3.05) is 29.9 Å². The van der Waals surface area contributed by atoms with Gasteiger partial charge in [0.2, 0.25) is 0 Å². The van der Waals surface area contributed by atoms with Gasteiger partial charge in [0.05, 0.1) is 17.7 Å². The summed E-state index contributed by atoms with van der Waals surface area (Å²) in [6.45, 7) is 6.16. The van der Waals surface area contributed by atoms with Crippen molar-refractivity contribution in [2.24, 2.45) is 17.3 Å². The molecule has 2 N–H and O–H groups in total. The number of nitrogens with zero attached hydrogens (tertiary/aromatic N) is 7. The maximum atomic E-state index is 14.7. The number of fused-ring (bicyclic) bond motifs is 2. The average Bonchev–Trinajstić information content (AvgIpc) is 3.61. The normalized spacial score (nSPS) is 19.2. The van der Waals surface area contributed by atoms with E-state index in [1.54, 1.807) is 31.6 Å². The molecule has 11 nitrogen and oxygen atoms in total. The summed E-state index contributed by atoms with van der Waals surface area (Å²) in [5.74, 6) is 1.68. The van der Waals surface area contributed by atoms with E-state index >= 15 is 0 Å². The van der Waals surface area contributed by atoms with Crippen LogP contribution in [0.2, 0.25) is 0 Å². The van der Waals surface area contributed by atoms with Crippen LogP contribution in [0.3, 0.4) is 0 Å². The number of anilines is 2. The Bertz CT molecular complexity index is 1730. The summed E-state index contributed by atoms with van der Waals surface area (Å²) >= 11 is 0. The Morgan fingerprint density at radius 2 is 2.00 bits per heavy atom. The second-order valence-corrected chi connectivity index (χ2v) is 11.1. The number of terminal acetylenes is 1. The van der Waals surface area contributed by atoms with Crippen molar-refractivity contribution in [3.8, 4) is 18.4 Å². The third-order valence-electron chi connectivity index (χ3n) is 7.57. The van der Waals surface area contributed by atoms with Crippen LogP contribution >= 0.6 is 0 Å². The SMILES string of the molecule is C#CCCC1(CCOc2ncc3c(N4CC(C)NC(C)C4)ccc(C(=O)Nc4cc(F)c5nn(C)cc5c4)c3n2)N=N1. The second kappa shape index (κ2) is 11.0. The topological polar surface area (TPSA) is 122 Å². The number of hydrogen-bond donors (Lipinski definition) is 2. The highest BCUT2D eigenvalue weighted by Gasteiger charge is 2.39. The van der Waals surface area contributed by atoms with E-state index in [1.807, 2.05) is 6.07 Å². The van der Waals surface area contributed by atoms with Crippen molar-refractivity contribution in [1.82, 2.24) is 25.1 Å². The lowest BCUT2D eigenvalue weighted by Gasteiger charge is -2.38. The number of carbonyl (C=O) groups is 1. The fourth-order valence-corrected chi connectivity index (χ4v) is 5.60. The van der Waals surface area contributed by atoms with Crippen molar-refractivity contribution in [1.29, 1.82) is 0 Å². The van der Waals surface area contributed by atoms with Crippen molar-refractivity contribution in [2.45, 2.75) is 50.9 Å². The Balaban J connectivity index is 1.31. The molecule has 0 spiro atoms. The zero-order valence-electron chi connectivity index (χ0n) is 23.8. The molecule has 2 aromatic heterocycles. The van der Waals surface area contributed by atoms with Crippen LogP contribution in [0.15, 0.2) is 46.9 Å². The molecule has 42 heavy (non-hydrogen) atoms. The molecule has 4 aromatic rings. The lowest BCUT2D eigenvalue weighted by atomic mass is 10.0. The van der Waals surface area contributed by atoms with E-state index in [4.69, 9.17) is 11.2 Å². The minimum absolute atomic E-state index is 0.145. The fourth-order valence-electron chi connectivity index (χ4n) is 5.60. The van der Waals surface area contributed by atoms with Gasteiger partial charge in [0.1, 0.15) is 5.52 Å². The standard InChI is InChI=1S/C30H32FN9O2/c1-5-6-9-30(37-38-30)10-11-42-29-32-14-23-25(40-15-18(2)33-19(3)16-40)8-7-22(27(23)35-29)28(41)34-21-12-20-17-39(4)36-26(20)24(31)13-21/h1,7-8,12-14,17-19,33H,6,9-11,15-16H2,2-4H3,(H,34,41). The van der Waals surface area contributed by atoms with Gasteiger partial charge < -0.3 is 20.3 Å². The van der Waals surface area contributed by atoms with Gasteiger partial charge in [-0.05, 0) is 38.1 Å². The summed E-state index contributed by atoms with van der Waals surface area (Å²) in [5, 5.41) is 20.1. The quantitative estimate of drug-likeness (QED) is 0.286. The van der Waals surface area contributed by atoms with Crippen molar-refractivity contribution >= 4 is 39.1 Å². The van der Waals surface area contributed by atoms with Crippen LogP contribution in [-0.2, 0) is 7.05 Å². The molecule has 0 aliphatic carbocycles. The van der Waals surface area contributed by atoms with Gasteiger partial charge in [0.15, 0.2) is 11.5 Å². The molecule has 6 rings (SSSR count). The first-order valence-corrected chi connectivity index (χ1v) is 14.0. The van der Waals surface area contributed by atoms with Gasteiger partial charge in [-0.15, -0.1) is 12.3 Å². The first-order valence-electron chi connectivity index (χ1n) is 14.0. The molecule has 2 aromatic carbocycles. The Morgan fingerprint density at radius 1 is 1.21 bits per heavy atom. The number of aryl methyl sites for hydroxylation is 1. The fraction of sp³-hybridized carbons (Fsp3) is 0.400.